The molecule has 1 aromatic carbocycles. The second-order valence-electron chi connectivity index (χ2n) is 5.42. The minimum Gasteiger partial charge on any atom is -0.303 e. The Hall–Kier alpha value is -2.21. The van der Waals surface area contributed by atoms with Crippen molar-refractivity contribution in [2.24, 2.45) is 0 Å². The Bertz CT molecular complexity index is 822. The predicted molar refractivity (Wildman–Crippen MR) is 87.3 cm³/mol. The molecule has 23 heavy (non-hydrogen) atoms. The van der Waals surface area contributed by atoms with Crippen LogP contribution in [0.15, 0.2) is 49.2 Å². The minimum absolute atomic E-state index is 0.0939. The summed E-state index contributed by atoms with van der Waals surface area (Å²) >= 11 is 0. The minimum atomic E-state index is -3.98. The maximum Gasteiger partial charge on any atom is 0.249 e. The summed E-state index contributed by atoms with van der Waals surface area (Å²) in [5.41, 5.74) is 1.62. The number of aryl methyl sites for hydroxylation is 1. The Morgan fingerprint density at radius 2 is 1.87 bits per heavy atom. The maximum absolute atomic E-state index is 13.6. The fraction of sp³-hybridized carbons (Fsp3) is 0.235. The van der Waals surface area contributed by atoms with Gasteiger partial charge in [-0.2, -0.15) is 0 Å². The zero-order valence-electron chi connectivity index (χ0n) is 12.9. The van der Waals surface area contributed by atoms with Crippen molar-refractivity contribution < 1.29 is 17.6 Å². The molecule has 0 N–H and O–H groups in total. The number of hydrogen-bond donors (Lipinski definition) is 0. The first kappa shape index (κ1) is 17.1. The SMILES string of the molecule is C=CC(c1ccc(C)cc1)S(=O)(=O)n1cc(F)cc1C(C)C=O. The second kappa shape index (κ2) is 6.50. The van der Waals surface area contributed by atoms with Gasteiger partial charge < -0.3 is 4.79 Å². The highest BCUT2D eigenvalue weighted by atomic mass is 32.2. The summed E-state index contributed by atoms with van der Waals surface area (Å²) in [6, 6.07) is 8.05. The Kier molecular flexibility index (Phi) is 4.85. The zero-order valence-corrected chi connectivity index (χ0v) is 13.8. The van der Waals surface area contributed by atoms with E-state index in [0.717, 1.165) is 21.8 Å². The molecule has 0 saturated heterocycles. The molecule has 0 spiro atoms. The number of nitrogens with zero attached hydrogens (tertiary/aromatic N) is 1. The van der Waals surface area contributed by atoms with Crippen LogP contribution in [0.2, 0.25) is 0 Å². The fourth-order valence-electron chi connectivity index (χ4n) is 2.36. The first-order valence-electron chi connectivity index (χ1n) is 7.08. The molecular formula is C17H18FNO3S. The molecule has 0 radical (unpaired) electrons. The van der Waals surface area contributed by atoms with E-state index in [4.69, 9.17) is 0 Å². The molecule has 0 aliphatic heterocycles. The molecule has 2 unspecified atom stereocenters. The van der Waals surface area contributed by atoms with Gasteiger partial charge in [0.15, 0.2) is 0 Å². The van der Waals surface area contributed by atoms with E-state index in [1.54, 1.807) is 24.3 Å². The van der Waals surface area contributed by atoms with Gasteiger partial charge in [-0.25, -0.2) is 16.8 Å². The Morgan fingerprint density at radius 1 is 1.26 bits per heavy atom. The maximum atomic E-state index is 13.6. The lowest BCUT2D eigenvalue weighted by Gasteiger charge is -2.18. The van der Waals surface area contributed by atoms with E-state index in [9.17, 15) is 17.6 Å². The average molecular weight is 335 g/mol. The van der Waals surface area contributed by atoms with Crippen LogP contribution < -0.4 is 0 Å². The summed E-state index contributed by atoms with van der Waals surface area (Å²) in [5, 5.41) is -1.03. The molecule has 2 aromatic rings. The van der Waals surface area contributed by atoms with Gasteiger partial charge in [-0.05, 0) is 18.6 Å². The smallest absolute Gasteiger partial charge is 0.249 e. The van der Waals surface area contributed by atoms with E-state index in [-0.39, 0.29) is 5.69 Å². The molecule has 2 atom stereocenters. The third kappa shape index (κ3) is 3.27. The number of carbonyl (C=O) groups is 1. The molecule has 0 aliphatic carbocycles. The molecule has 0 aliphatic rings. The van der Waals surface area contributed by atoms with Crippen LogP contribution in [-0.2, 0) is 14.8 Å². The zero-order chi connectivity index (χ0) is 17.2. The summed E-state index contributed by atoms with van der Waals surface area (Å²) < 4.78 is 40.3. The van der Waals surface area contributed by atoms with Crippen LogP contribution in [0.25, 0.3) is 0 Å². The molecule has 1 aromatic heterocycles. The largest absolute Gasteiger partial charge is 0.303 e. The predicted octanol–water partition coefficient (Wildman–Crippen LogP) is 3.34. The van der Waals surface area contributed by atoms with Gasteiger partial charge in [0.25, 0.3) is 0 Å². The van der Waals surface area contributed by atoms with E-state index in [2.05, 4.69) is 6.58 Å². The summed E-state index contributed by atoms with van der Waals surface area (Å²) in [6.07, 6.45) is 2.76. The second-order valence-corrected chi connectivity index (χ2v) is 7.35. The number of aromatic nitrogens is 1. The lowest BCUT2D eigenvalue weighted by atomic mass is 10.1. The lowest BCUT2D eigenvalue weighted by molar-refractivity contribution is -0.108. The van der Waals surface area contributed by atoms with E-state index in [1.807, 2.05) is 6.92 Å². The fourth-order valence-corrected chi connectivity index (χ4v) is 4.11. The first-order valence-corrected chi connectivity index (χ1v) is 8.58. The summed E-state index contributed by atoms with van der Waals surface area (Å²) in [5.74, 6) is -1.44. The van der Waals surface area contributed by atoms with Gasteiger partial charge >= 0.3 is 0 Å². The van der Waals surface area contributed by atoms with Gasteiger partial charge in [-0.15, -0.1) is 6.58 Å². The number of rotatable bonds is 6. The van der Waals surface area contributed by atoms with Gasteiger partial charge in [0.1, 0.15) is 17.4 Å². The van der Waals surface area contributed by atoms with Crippen LogP contribution in [0.4, 0.5) is 4.39 Å². The van der Waals surface area contributed by atoms with Crippen molar-refractivity contribution in [1.82, 2.24) is 3.97 Å². The van der Waals surface area contributed by atoms with Crippen LogP contribution >= 0.6 is 0 Å². The van der Waals surface area contributed by atoms with Crippen LogP contribution in [0.5, 0.6) is 0 Å². The number of hydrogen-bond acceptors (Lipinski definition) is 3. The molecule has 122 valence electrons. The molecule has 2 rings (SSSR count). The molecule has 0 amide bonds. The van der Waals surface area contributed by atoms with Gasteiger partial charge in [0.05, 0.1) is 12.1 Å². The molecule has 1 heterocycles. The number of halogens is 1. The Morgan fingerprint density at radius 3 is 2.39 bits per heavy atom. The lowest BCUT2D eigenvalue weighted by Crippen LogP contribution is -2.22. The van der Waals surface area contributed by atoms with E-state index in [0.29, 0.717) is 11.8 Å². The van der Waals surface area contributed by atoms with Crippen molar-refractivity contribution in [3.8, 4) is 0 Å². The summed E-state index contributed by atoms with van der Waals surface area (Å²) in [6.45, 7) is 7.01. The third-order valence-corrected chi connectivity index (χ3v) is 5.64. The molecule has 0 fully saturated rings. The highest BCUT2D eigenvalue weighted by Crippen LogP contribution is 2.29. The summed E-state index contributed by atoms with van der Waals surface area (Å²) in [4.78, 5) is 11.0. The average Bonchev–Trinajstić information content (AvgIpc) is 2.92. The quantitative estimate of drug-likeness (QED) is 0.601. The molecule has 0 saturated carbocycles. The van der Waals surface area contributed by atoms with Crippen LogP contribution in [0.3, 0.4) is 0 Å². The topological polar surface area (TPSA) is 56.1 Å². The number of aldehydes is 1. The molecule has 6 heteroatoms. The number of carbonyl (C=O) groups excluding carboxylic acids is 1. The summed E-state index contributed by atoms with van der Waals surface area (Å²) in [7, 11) is -3.98. The van der Waals surface area contributed by atoms with Crippen LogP contribution in [0, 0.1) is 12.7 Å². The Balaban J connectivity index is 2.58. The number of benzene rings is 1. The van der Waals surface area contributed by atoms with E-state index in [1.165, 1.54) is 13.0 Å². The monoisotopic (exact) mass is 335 g/mol. The Labute approximate surface area is 135 Å². The highest BCUT2D eigenvalue weighted by molar-refractivity contribution is 7.90. The normalized spacial score (nSPS) is 14.2. The highest BCUT2D eigenvalue weighted by Gasteiger charge is 2.29. The van der Waals surface area contributed by atoms with Gasteiger partial charge in [-0.1, -0.05) is 42.8 Å². The molecule has 4 nitrogen and oxygen atoms in total. The third-order valence-electron chi connectivity index (χ3n) is 3.67. The van der Waals surface area contributed by atoms with Crippen molar-refractivity contribution in [1.29, 1.82) is 0 Å². The van der Waals surface area contributed by atoms with Crippen LogP contribution in [0.1, 0.15) is 34.9 Å². The van der Waals surface area contributed by atoms with Crippen molar-refractivity contribution in [2.75, 3.05) is 0 Å². The van der Waals surface area contributed by atoms with Crippen LogP contribution in [-0.4, -0.2) is 18.7 Å². The molecule has 0 bridgehead atoms. The molecular weight excluding hydrogens is 317 g/mol. The van der Waals surface area contributed by atoms with Gasteiger partial charge in [-0.3, -0.25) is 0 Å². The van der Waals surface area contributed by atoms with E-state index >= 15 is 0 Å². The van der Waals surface area contributed by atoms with Gasteiger partial charge in [0.2, 0.25) is 10.0 Å². The van der Waals surface area contributed by atoms with Crippen molar-refractivity contribution in [3.05, 3.63) is 71.8 Å². The van der Waals surface area contributed by atoms with Crippen molar-refractivity contribution in [3.63, 3.8) is 0 Å². The first-order chi connectivity index (χ1) is 10.8. The van der Waals surface area contributed by atoms with E-state index < -0.39 is 27.0 Å². The standard InChI is InChI=1S/C17H18FNO3S/c1-4-17(14-7-5-12(2)6-8-14)23(21,22)19-10-15(18)9-16(19)13(3)11-20/h4-11,13,17H,1H2,2-3H3. The van der Waals surface area contributed by atoms with Gasteiger partial charge in [0, 0.05) is 5.69 Å². The van der Waals surface area contributed by atoms with Crippen molar-refractivity contribution >= 4 is 16.3 Å². The van der Waals surface area contributed by atoms with Crippen molar-refractivity contribution in [2.45, 2.75) is 25.0 Å².